The Morgan fingerprint density at radius 1 is 0.966 bits per heavy atom. The van der Waals surface area contributed by atoms with Gasteiger partial charge in [-0.1, -0.05) is 18.2 Å². The van der Waals surface area contributed by atoms with Gasteiger partial charge in [0.25, 0.3) is 0 Å². The van der Waals surface area contributed by atoms with E-state index in [2.05, 4.69) is 26.7 Å². The van der Waals surface area contributed by atoms with Crippen LogP contribution < -0.4 is 20.1 Å². The minimum absolute atomic E-state index is 0.155. The minimum atomic E-state index is 0.155. The number of aromatic nitrogens is 2. The first kappa shape index (κ1) is 20.5. The zero-order chi connectivity index (χ0) is 20.6. The van der Waals surface area contributed by atoms with Gasteiger partial charge in [0.1, 0.15) is 29.0 Å². The fourth-order valence-electron chi connectivity index (χ4n) is 2.99. The second-order valence-electron chi connectivity index (χ2n) is 6.99. The Morgan fingerprint density at radius 3 is 2.41 bits per heavy atom. The van der Waals surface area contributed by atoms with Crippen molar-refractivity contribution in [3.8, 4) is 11.5 Å². The molecule has 29 heavy (non-hydrogen) atoms. The molecule has 0 amide bonds. The van der Waals surface area contributed by atoms with Crippen LogP contribution in [0.25, 0.3) is 0 Å². The molecule has 0 bridgehead atoms. The van der Waals surface area contributed by atoms with Crippen LogP contribution in [0.1, 0.15) is 25.2 Å². The van der Waals surface area contributed by atoms with Crippen molar-refractivity contribution in [3.05, 3.63) is 66.0 Å². The lowest BCUT2D eigenvalue weighted by Gasteiger charge is -2.13. The maximum atomic E-state index is 5.68. The van der Waals surface area contributed by atoms with E-state index in [9.17, 15) is 0 Å². The molecule has 1 aromatic heterocycles. The predicted molar refractivity (Wildman–Crippen MR) is 117 cm³/mol. The summed E-state index contributed by atoms with van der Waals surface area (Å²) in [6.45, 7) is 6.66. The van der Waals surface area contributed by atoms with Crippen molar-refractivity contribution >= 4 is 17.3 Å². The van der Waals surface area contributed by atoms with Crippen molar-refractivity contribution in [1.29, 1.82) is 0 Å². The van der Waals surface area contributed by atoms with E-state index in [1.54, 1.807) is 7.11 Å². The molecule has 3 rings (SSSR count). The number of hydrogen-bond donors (Lipinski definition) is 2. The second kappa shape index (κ2) is 9.78. The number of aryl methyl sites for hydroxylation is 1. The highest BCUT2D eigenvalue weighted by molar-refractivity contribution is 5.60. The summed E-state index contributed by atoms with van der Waals surface area (Å²) in [4.78, 5) is 8.96. The lowest BCUT2D eigenvalue weighted by Crippen LogP contribution is -2.09. The van der Waals surface area contributed by atoms with Gasteiger partial charge < -0.3 is 20.1 Å². The minimum Gasteiger partial charge on any atom is -0.496 e. The Bertz CT molecular complexity index is 926. The lowest BCUT2D eigenvalue weighted by molar-refractivity contribution is 0.242. The number of nitrogens with one attached hydrogen (secondary N) is 2. The van der Waals surface area contributed by atoms with Gasteiger partial charge in [0.05, 0.1) is 13.2 Å². The van der Waals surface area contributed by atoms with Gasteiger partial charge in [-0.15, -0.1) is 0 Å². The van der Waals surface area contributed by atoms with Gasteiger partial charge in [-0.05, 0) is 63.1 Å². The molecule has 0 fully saturated rings. The smallest absolute Gasteiger partial charge is 0.136 e. The van der Waals surface area contributed by atoms with E-state index in [4.69, 9.17) is 9.47 Å². The molecule has 0 saturated heterocycles. The molecular weight excluding hydrogens is 364 g/mol. The SMILES string of the molecule is COc1ccccc1CCNc1cc(Nc2ccc(OC(C)C)cc2)nc(C)n1. The summed E-state index contributed by atoms with van der Waals surface area (Å²) in [6, 6.07) is 17.8. The van der Waals surface area contributed by atoms with E-state index in [1.807, 2.05) is 69.3 Å². The van der Waals surface area contributed by atoms with Crippen molar-refractivity contribution in [2.75, 3.05) is 24.3 Å². The summed E-state index contributed by atoms with van der Waals surface area (Å²) in [5.41, 5.74) is 2.11. The lowest BCUT2D eigenvalue weighted by atomic mass is 10.1. The van der Waals surface area contributed by atoms with Crippen molar-refractivity contribution in [3.63, 3.8) is 0 Å². The maximum Gasteiger partial charge on any atom is 0.136 e. The summed E-state index contributed by atoms with van der Waals surface area (Å²) in [6.07, 6.45) is 0.996. The van der Waals surface area contributed by atoms with Gasteiger partial charge in [0, 0.05) is 18.3 Å². The van der Waals surface area contributed by atoms with Crippen molar-refractivity contribution in [1.82, 2.24) is 9.97 Å². The first-order valence-electron chi connectivity index (χ1n) is 9.78. The van der Waals surface area contributed by atoms with E-state index in [1.165, 1.54) is 0 Å². The Hall–Kier alpha value is -3.28. The molecule has 2 N–H and O–H groups in total. The van der Waals surface area contributed by atoms with E-state index >= 15 is 0 Å². The topological polar surface area (TPSA) is 68.3 Å². The van der Waals surface area contributed by atoms with Crippen LogP contribution in [0.3, 0.4) is 0 Å². The number of para-hydroxylation sites is 1. The van der Waals surface area contributed by atoms with Gasteiger partial charge in [0.2, 0.25) is 0 Å². The van der Waals surface area contributed by atoms with Crippen molar-refractivity contribution in [2.45, 2.75) is 33.3 Å². The van der Waals surface area contributed by atoms with Crippen LogP contribution >= 0.6 is 0 Å². The molecule has 6 heteroatoms. The number of rotatable bonds is 9. The monoisotopic (exact) mass is 392 g/mol. The molecule has 0 aliphatic heterocycles. The van der Waals surface area contributed by atoms with Crippen molar-refractivity contribution < 1.29 is 9.47 Å². The number of methoxy groups -OCH3 is 1. The quantitative estimate of drug-likeness (QED) is 0.535. The summed E-state index contributed by atoms with van der Waals surface area (Å²) in [5.74, 6) is 3.99. The second-order valence-corrected chi connectivity index (χ2v) is 6.99. The Morgan fingerprint density at radius 2 is 1.69 bits per heavy atom. The molecular formula is C23H28N4O2. The number of anilines is 3. The molecule has 0 spiro atoms. The molecule has 2 aromatic carbocycles. The van der Waals surface area contributed by atoms with Gasteiger partial charge in [0.15, 0.2) is 0 Å². The van der Waals surface area contributed by atoms with E-state index < -0.39 is 0 Å². The number of ether oxygens (including phenoxy) is 2. The Kier molecular flexibility index (Phi) is 6.89. The normalized spacial score (nSPS) is 10.7. The highest BCUT2D eigenvalue weighted by Gasteiger charge is 2.05. The van der Waals surface area contributed by atoms with Gasteiger partial charge in [-0.3, -0.25) is 0 Å². The molecule has 0 atom stereocenters. The summed E-state index contributed by atoms with van der Waals surface area (Å²) >= 11 is 0. The fourth-order valence-corrected chi connectivity index (χ4v) is 2.99. The average Bonchev–Trinajstić information content (AvgIpc) is 2.69. The van der Waals surface area contributed by atoms with E-state index in [0.29, 0.717) is 5.82 Å². The molecule has 0 unspecified atom stereocenters. The van der Waals surface area contributed by atoms with Crippen LogP contribution in [0, 0.1) is 6.92 Å². The first-order chi connectivity index (χ1) is 14.0. The van der Waals surface area contributed by atoms with Crippen LogP contribution in [-0.4, -0.2) is 29.7 Å². The third-order valence-corrected chi connectivity index (χ3v) is 4.23. The molecule has 0 radical (unpaired) electrons. The van der Waals surface area contributed by atoms with Crippen LogP contribution in [0.4, 0.5) is 17.3 Å². The van der Waals surface area contributed by atoms with Gasteiger partial charge in [-0.2, -0.15) is 0 Å². The molecule has 3 aromatic rings. The number of nitrogens with zero attached hydrogens (tertiary/aromatic N) is 2. The van der Waals surface area contributed by atoms with Crippen LogP contribution in [0.2, 0.25) is 0 Å². The Labute approximate surface area is 172 Å². The standard InChI is InChI=1S/C23H28N4O2/c1-16(2)29-20-11-9-19(10-12-20)27-23-15-22(25-17(3)26-23)24-14-13-18-7-5-6-8-21(18)28-4/h5-12,15-16H,13-14H2,1-4H3,(H2,24,25,26,27). The highest BCUT2D eigenvalue weighted by atomic mass is 16.5. The van der Waals surface area contributed by atoms with Crippen LogP contribution in [-0.2, 0) is 6.42 Å². The summed E-state index contributed by atoms with van der Waals surface area (Å²) in [5, 5.41) is 6.70. The predicted octanol–water partition coefficient (Wildman–Crippen LogP) is 4.98. The number of hydrogen-bond acceptors (Lipinski definition) is 6. The van der Waals surface area contributed by atoms with E-state index in [0.717, 1.165) is 47.4 Å². The van der Waals surface area contributed by atoms with Crippen LogP contribution in [0.5, 0.6) is 11.5 Å². The molecule has 0 aliphatic rings. The third-order valence-electron chi connectivity index (χ3n) is 4.23. The molecule has 152 valence electrons. The molecule has 0 saturated carbocycles. The number of benzene rings is 2. The zero-order valence-corrected chi connectivity index (χ0v) is 17.4. The summed E-state index contributed by atoms with van der Waals surface area (Å²) < 4.78 is 11.1. The highest BCUT2D eigenvalue weighted by Crippen LogP contribution is 2.22. The van der Waals surface area contributed by atoms with Gasteiger partial charge >= 0.3 is 0 Å². The van der Waals surface area contributed by atoms with Crippen molar-refractivity contribution in [2.24, 2.45) is 0 Å². The molecule has 6 nitrogen and oxygen atoms in total. The zero-order valence-electron chi connectivity index (χ0n) is 17.4. The Balaban J connectivity index is 1.62. The third kappa shape index (κ3) is 6.10. The molecule has 1 heterocycles. The van der Waals surface area contributed by atoms with E-state index in [-0.39, 0.29) is 6.10 Å². The first-order valence-corrected chi connectivity index (χ1v) is 9.78. The van der Waals surface area contributed by atoms with Crippen LogP contribution in [0.15, 0.2) is 54.6 Å². The maximum absolute atomic E-state index is 5.68. The fraction of sp³-hybridized carbons (Fsp3) is 0.304. The summed E-state index contributed by atoms with van der Waals surface area (Å²) in [7, 11) is 1.69. The van der Waals surface area contributed by atoms with Gasteiger partial charge in [-0.25, -0.2) is 9.97 Å². The largest absolute Gasteiger partial charge is 0.496 e. The molecule has 0 aliphatic carbocycles. The average molecular weight is 393 g/mol.